The number of tetrazole rings is 1. The molecule has 0 amide bonds. The van der Waals surface area contributed by atoms with Gasteiger partial charge in [-0.25, -0.2) is 19.0 Å². The SMILES string of the molecule is CCc1cnc(N2CCC(Oc3ccc(-c4ccc(-n5cnnn5)cc4F)cc3)CC2)nc1. The predicted molar refractivity (Wildman–Crippen MR) is 122 cm³/mol. The van der Waals surface area contributed by atoms with Crippen molar-refractivity contribution in [3.8, 4) is 22.6 Å². The van der Waals surface area contributed by atoms with Crippen LogP contribution in [-0.2, 0) is 6.42 Å². The smallest absolute Gasteiger partial charge is 0.225 e. The Morgan fingerprint density at radius 2 is 1.79 bits per heavy atom. The predicted octanol–water partition coefficient (Wildman–Crippen LogP) is 3.87. The van der Waals surface area contributed by atoms with Gasteiger partial charge in [-0.3, -0.25) is 0 Å². The van der Waals surface area contributed by atoms with Gasteiger partial charge in [0, 0.05) is 50.0 Å². The molecular weight excluding hydrogens is 421 g/mol. The van der Waals surface area contributed by atoms with Gasteiger partial charge in [0.2, 0.25) is 5.95 Å². The van der Waals surface area contributed by atoms with Crippen molar-refractivity contribution in [2.75, 3.05) is 18.0 Å². The quantitative estimate of drug-likeness (QED) is 0.446. The van der Waals surface area contributed by atoms with Crippen molar-refractivity contribution >= 4 is 5.95 Å². The standard InChI is InChI=1S/C24H24FN7O/c1-2-17-14-26-24(27-15-17)31-11-9-21(10-12-31)33-20-6-3-18(4-7-20)22-8-5-19(13-23(22)25)32-16-28-29-30-32/h3-8,13-16,21H,2,9-12H2,1H3. The van der Waals surface area contributed by atoms with Gasteiger partial charge in [-0.05, 0) is 52.2 Å². The number of ether oxygens (including phenoxy) is 1. The second kappa shape index (κ2) is 9.32. The number of hydrogen-bond acceptors (Lipinski definition) is 7. The van der Waals surface area contributed by atoms with Crippen LogP contribution in [0.4, 0.5) is 10.3 Å². The van der Waals surface area contributed by atoms with Crippen molar-refractivity contribution in [2.24, 2.45) is 0 Å². The highest BCUT2D eigenvalue weighted by atomic mass is 19.1. The summed E-state index contributed by atoms with van der Waals surface area (Å²) in [6, 6.07) is 12.5. The fourth-order valence-electron chi connectivity index (χ4n) is 3.93. The van der Waals surface area contributed by atoms with E-state index in [9.17, 15) is 4.39 Å². The maximum atomic E-state index is 14.7. The van der Waals surface area contributed by atoms with Crippen LogP contribution < -0.4 is 9.64 Å². The largest absolute Gasteiger partial charge is 0.490 e. The number of hydrogen-bond donors (Lipinski definition) is 0. The summed E-state index contributed by atoms with van der Waals surface area (Å²) in [5, 5.41) is 10.9. The van der Waals surface area contributed by atoms with Gasteiger partial charge in [0.25, 0.3) is 0 Å². The Hall–Kier alpha value is -3.88. The molecule has 0 N–H and O–H groups in total. The lowest BCUT2D eigenvalue weighted by molar-refractivity contribution is 0.170. The first kappa shape index (κ1) is 21.0. The van der Waals surface area contributed by atoms with Crippen LogP contribution in [0.3, 0.4) is 0 Å². The fraction of sp³-hybridized carbons (Fsp3) is 0.292. The van der Waals surface area contributed by atoms with Gasteiger partial charge in [0.15, 0.2) is 0 Å². The van der Waals surface area contributed by atoms with Crippen LogP contribution in [0.25, 0.3) is 16.8 Å². The molecule has 0 atom stereocenters. The van der Waals surface area contributed by atoms with Gasteiger partial charge >= 0.3 is 0 Å². The van der Waals surface area contributed by atoms with E-state index in [0.29, 0.717) is 11.3 Å². The van der Waals surface area contributed by atoms with E-state index in [0.717, 1.165) is 55.2 Å². The van der Waals surface area contributed by atoms with Gasteiger partial charge < -0.3 is 9.64 Å². The molecule has 1 aliphatic heterocycles. The number of aryl methyl sites for hydroxylation is 1. The number of rotatable bonds is 6. The number of benzene rings is 2. The molecule has 0 bridgehead atoms. The minimum absolute atomic E-state index is 0.134. The third kappa shape index (κ3) is 4.67. The molecule has 2 aromatic heterocycles. The summed E-state index contributed by atoms with van der Waals surface area (Å²) in [6.07, 6.45) is 8.09. The van der Waals surface area contributed by atoms with Crippen molar-refractivity contribution in [3.63, 3.8) is 0 Å². The van der Waals surface area contributed by atoms with Gasteiger partial charge in [0.1, 0.15) is 24.0 Å². The third-order valence-corrected chi connectivity index (χ3v) is 5.86. The molecule has 3 heterocycles. The van der Waals surface area contributed by atoms with Gasteiger partial charge in [-0.15, -0.1) is 5.10 Å². The summed E-state index contributed by atoms with van der Waals surface area (Å²) in [5.74, 6) is 1.23. The van der Waals surface area contributed by atoms with Gasteiger partial charge in [-0.2, -0.15) is 0 Å². The summed E-state index contributed by atoms with van der Waals surface area (Å²) in [4.78, 5) is 11.2. The lowest BCUT2D eigenvalue weighted by atomic mass is 10.0. The van der Waals surface area contributed by atoms with Crippen molar-refractivity contribution in [3.05, 3.63) is 72.6 Å². The Bertz CT molecular complexity index is 1190. The number of nitrogens with zero attached hydrogens (tertiary/aromatic N) is 7. The molecule has 8 nitrogen and oxygen atoms in total. The number of halogens is 1. The lowest BCUT2D eigenvalue weighted by Crippen LogP contribution is -2.39. The Morgan fingerprint density at radius 3 is 2.42 bits per heavy atom. The van der Waals surface area contributed by atoms with Crippen LogP contribution in [-0.4, -0.2) is 49.4 Å². The van der Waals surface area contributed by atoms with E-state index in [-0.39, 0.29) is 11.9 Å². The Balaban J connectivity index is 1.19. The fourth-order valence-corrected chi connectivity index (χ4v) is 3.93. The summed E-state index contributed by atoms with van der Waals surface area (Å²) in [5.41, 5.74) is 3.01. The Kier molecular flexibility index (Phi) is 5.93. The van der Waals surface area contributed by atoms with E-state index in [4.69, 9.17) is 4.74 Å². The Labute approximate surface area is 191 Å². The lowest BCUT2D eigenvalue weighted by Gasteiger charge is -2.32. The molecule has 9 heteroatoms. The van der Waals surface area contributed by atoms with Crippen LogP contribution in [0.5, 0.6) is 5.75 Å². The van der Waals surface area contributed by atoms with Gasteiger partial charge in [0.05, 0.1) is 5.69 Å². The summed E-state index contributed by atoms with van der Waals surface area (Å²) in [6.45, 7) is 3.80. The second-order valence-corrected chi connectivity index (χ2v) is 7.99. The average molecular weight is 446 g/mol. The zero-order chi connectivity index (χ0) is 22.6. The average Bonchev–Trinajstić information content (AvgIpc) is 3.40. The molecular formula is C24H24FN7O. The van der Waals surface area contributed by atoms with E-state index in [1.54, 1.807) is 12.1 Å². The minimum Gasteiger partial charge on any atom is -0.490 e. The third-order valence-electron chi connectivity index (χ3n) is 5.86. The van der Waals surface area contributed by atoms with E-state index in [2.05, 4.69) is 37.3 Å². The zero-order valence-corrected chi connectivity index (χ0v) is 18.3. The molecule has 0 unspecified atom stereocenters. The van der Waals surface area contributed by atoms with Crippen LogP contribution in [0.2, 0.25) is 0 Å². The summed E-state index contributed by atoms with van der Waals surface area (Å²) >= 11 is 0. The topological polar surface area (TPSA) is 81.9 Å². The maximum Gasteiger partial charge on any atom is 0.225 e. The van der Waals surface area contributed by atoms with Crippen molar-refractivity contribution in [1.29, 1.82) is 0 Å². The molecule has 2 aromatic carbocycles. The van der Waals surface area contributed by atoms with Crippen LogP contribution in [0.15, 0.2) is 61.2 Å². The normalized spacial score (nSPS) is 14.4. The Morgan fingerprint density at radius 1 is 1.03 bits per heavy atom. The van der Waals surface area contributed by atoms with Crippen LogP contribution >= 0.6 is 0 Å². The molecule has 0 aliphatic carbocycles. The van der Waals surface area contributed by atoms with E-state index < -0.39 is 0 Å². The van der Waals surface area contributed by atoms with Crippen LogP contribution in [0.1, 0.15) is 25.3 Å². The van der Waals surface area contributed by atoms with E-state index in [1.165, 1.54) is 17.1 Å². The highest BCUT2D eigenvalue weighted by Gasteiger charge is 2.22. The highest BCUT2D eigenvalue weighted by molar-refractivity contribution is 5.66. The van der Waals surface area contributed by atoms with Crippen molar-refractivity contribution < 1.29 is 9.13 Å². The number of piperidine rings is 1. The van der Waals surface area contributed by atoms with E-state index in [1.807, 2.05) is 36.7 Å². The maximum absolute atomic E-state index is 14.7. The second-order valence-electron chi connectivity index (χ2n) is 7.99. The zero-order valence-electron chi connectivity index (χ0n) is 18.3. The molecule has 0 radical (unpaired) electrons. The first-order valence-electron chi connectivity index (χ1n) is 11.1. The first-order chi connectivity index (χ1) is 16.2. The molecule has 33 heavy (non-hydrogen) atoms. The number of aromatic nitrogens is 6. The molecule has 0 saturated carbocycles. The van der Waals surface area contributed by atoms with Crippen LogP contribution in [0, 0.1) is 5.82 Å². The molecule has 5 rings (SSSR count). The monoisotopic (exact) mass is 445 g/mol. The first-order valence-corrected chi connectivity index (χ1v) is 11.1. The highest BCUT2D eigenvalue weighted by Crippen LogP contribution is 2.28. The summed E-state index contributed by atoms with van der Waals surface area (Å²) < 4.78 is 22.3. The number of anilines is 1. The van der Waals surface area contributed by atoms with Crippen molar-refractivity contribution in [1.82, 2.24) is 30.2 Å². The molecule has 1 aliphatic rings. The molecule has 4 aromatic rings. The minimum atomic E-state index is -0.335. The van der Waals surface area contributed by atoms with E-state index >= 15 is 0 Å². The van der Waals surface area contributed by atoms with Gasteiger partial charge in [-0.1, -0.05) is 19.1 Å². The summed E-state index contributed by atoms with van der Waals surface area (Å²) in [7, 11) is 0. The molecule has 1 saturated heterocycles. The molecule has 168 valence electrons. The molecule has 0 spiro atoms. The van der Waals surface area contributed by atoms with Crippen molar-refractivity contribution in [2.45, 2.75) is 32.3 Å². The molecule has 1 fully saturated rings.